The summed E-state index contributed by atoms with van der Waals surface area (Å²) in [6.07, 6.45) is 1.72. The molecule has 0 spiro atoms. The number of alkyl halides is 2. The van der Waals surface area contributed by atoms with E-state index in [1.807, 2.05) is 30.3 Å². The van der Waals surface area contributed by atoms with E-state index < -0.39 is 6.61 Å². The molecule has 0 atom stereocenters. The molecule has 0 unspecified atom stereocenters. The van der Waals surface area contributed by atoms with Gasteiger partial charge in [-0.1, -0.05) is 42.1 Å². The predicted octanol–water partition coefficient (Wildman–Crippen LogP) is 4.25. The second-order valence-electron chi connectivity index (χ2n) is 5.77. The summed E-state index contributed by atoms with van der Waals surface area (Å²) in [5.41, 5.74) is 0.708. The van der Waals surface area contributed by atoms with E-state index >= 15 is 0 Å². The molecule has 0 aliphatic rings. The molecule has 146 valence electrons. The first-order valence-electron chi connectivity index (χ1n) is 8.42. The molecular weight excluding hydrogens is 386 g/mol. The minimum absolute atomic E-state index is 0.0508. The number of nitrogens with one attached hydrogen (secondary N) is 1. The number of ether oxygens (including phenoxy) is 2. The van der Waals surface area contributed by atoms with Gasteiger partial charge in [-0.25, -0.2) is 4.98 Å². The Balaban J connectivity index is 1.57. The van der Waals surface area contributed by atoms with Gasteiger partial charge in [-0.05, 0) is 29.1 Å². The highest BCUT2D eigenvalue weighted by molar-refractivity contribution is 8.00. The summed E-state index contributed by atoms with van der Waals surface area (Å²) in [5.74, 6) is 0.184. The van der Waals surface area contributed by atoms with Crippen molar-refractivity contribution in [1.29, 1.82) is 0 Å². The number of hydrogen-bond acceptors (Lipinski definition) is 5. The Morgan fingerprint density at radius 1 is 1.18 bits per heavy atom. The van der Waals surface area contributed by atoms with Crippen molar-refractivity contribution in [2.75, 3.05) is 12.9 Å². The fraction of sp³-hybridized carbons (Fsp3) is 0.200. The molecule has 1 N–H and O–H groups in total. The van der Waals surface area contributed by atoms with E-state index in [0.717, 1.165) is 15.8 Å². The molecule has 28 heavy (non-hydrogen) atoms. The second-order valence-corrected chi connectivity index (χ2v) is 6.73. The number of amides is 1. The van der Waals surface area contributed by atoms with Crippen LogP contribution in [0.4, 0.5) is 8.78 Å². The summed E-state index contributed by atoms with van der Waals surface area (Å²) in [4.78, 5) is 16.5. The third-order valence-electron chi connectivity index (χ3n) is 3.91. The van der Waals surface area contributed by atoms with Gasteiger partial charge in [0.1, 0.15) is 5.03 Å². The Bertz CT molecular complexity index is 964. The molecule has 0 fully saturated rings. The van der Waals surface area contributed by atoms with Gasteiger partial charge in [-0.3, -0.25) is 4.79 Å². The molecule has 5 nitrogen and oxygen atoms in total. The molecule has 2 aromatic carbocycles. The van der Waals surface area contributed by atoms with Crippen LogP contribution in [0, 0.1) is 0 Å². The molecule has 0 bridgehead atoms. The maximum Gasteiger partial charge on any atom is 0.387 e. The maximum absolute atomic E-state index is 12.4. The zero-order valence-electron chi connectivity index (χ0n) is 15.0. The van der Waals surface area contributed by atoms with Crippen LogP contribution in [0.2, 0.25) is 0 Å². The SMILES string of the molecule is COc1cc(CNC(=O)CSc2nccc3ccccc23)ccc1OC(F)F. The normalized spacial score (nSPS) is 10.9. The van der Waals surface area contributed by atoms with Crippen LogP contribution in [-0.4, -0.2) is 30.4 Å². The molecule has 0 saturated heterocycles. The van der Waals surface area contributed by atoms with Crippen LogP contribution < -0.4 is 14.8 Å². The third-order valence-corrected chi connectivity index (χ3v) is 4.92. The number of thioether (sulfide) groups is 1. The topological polar surface area (TPSA) is 60.5 Å². The van der Waals surface area contributed by atoms with Crippen molar-refractivity contribution < 1.29 is 23.0 Å². The molecule has 0 aliphatic carbocycles. The Hall–Kier alpha value is -2.87. The number of pyridine rings is 1. The van der Waals surface area contributed by atoms with Crippen LogP contribution in [0.3, 0.4) is 0 Å². The number of methoxy groups -OCH3 is 1. The van der Waals surface area contributed by atoms with Crippen molar-refractivity contribution in [2.45, 2.75) is 18.2 Å². The summed E-state index contributed by atoms with van der Waals surface area (Å²) in [7, 11) is 1.36. The van der Waals surface area contributed by atoms with E-state index in [2.05, 4.69) is 15.0 Å². The number of aromatic nitrogens is 1. The Morgan fingerprint density at radius 3 is 2.79 bits per heavy atom. The largest absolute Gasteiger partial charge is 0.493 e. The summed E-state index contributed by atoms with van der Waals surface area (Å²) in [5, 5.41) is 5.66. The highest BCUT2D eigenvalue weighted by Crippen LogP contribution is 2.29. The molecule has 0 radical (unpaired) electrons. The van der Waals surface area contributed by atoms with Crippen LogP contribution in [0.5, 0.6) is 11.5 Å². The van der Waals surface area contributed by atoms with E-state index in [0.29, 0.717) is 5.56 Å². The molecule has 0 saturated carbocycles. The average molecular weight is 404 g/mol. The van der Waals surface area contributed by atoms with Crippen LogP contribution in [0.15, 0.2) is 59.8 Å². The zero-order chi connectivity index (χ0) is 19.9. The zero-order valence-corrected chi connectivity index (χ0v) is 15.8. The van der Waals surface area contributed by atoms with E-state index in [4.69, 9.17) is 4.74 Å². The van der Waals surface area contributed by atoms with E-state index in [1.165, 1.54) is 24.9 Å². The first-order valence-corrected chi connectivity index (χ1v) is 9.40. The Labute approximate surface area is 165 Å². The number of benzene rings is 2. The third kappa shape index (κ3) is 5.10. The van der Waals surface area contributed by atoms with Crippen molar-refractivity contribution in [3.05, 3.63) is 60.3 Å². The molecule has 8 heteroatoms. The average Bonchev–Trinajstić information content (AvgIpc) is 2.71. The maximum atomic E-state index is 12.4. The molecule has 1 aromatic heterocycles. The van der Waals surface area contributed by atoms with Gasteiger partial charge in [0.25, 0.3) is 0 Å². The smallest absolute Gasteiger partial charge is 0.387 e. The standard InChI is InChI=1S/C20H18F2N2O3S/c1-26-17-10-13(6-7-16(17)27-20(21)22)11-24-18(25)12-28-19-15-5-3-2-4-14(15)8-9-23-19/h2-10,20H,11-12H2,1H3,(H,24,25). The van der Waals surface area contributed by atoms with Gasteiger partial charge >= 0.3 is 6.61 Å². The summed E-state index contributed by atoms with van der Waals surface area (Å²) in [6.45, 7) is -2.69. The number of halogens is 2. The lowest BCUT2D eigenvalue weighted by Crippen LogP contribution is -2.24. The van der Waals surface area contributed by atoms with Crippen molar-refractivity contribution in [3.8, 4) is 11.5 Å². The highest BCUT2D eigenvalue weighted by atomic mass is 32.2. The second kappa shape index (κ2) is 9.36. The predicted molar refractivity (Wildman–Crippen MR) is 104 cm³/mol. The van der Waals surface area contributed by atoms with Gasteiger partial charge < -0.3 is 14.8 Å². The quantitative estimate of drug-likeness (QED) is 0.569. The first kappa shape index (κ1) is 19.9. The number of hydrogen-bond donors (Lipinski definition) is 1. The lowest BCUT2D eigenvalue weighted by Gasteiger charge is -2.12. The summed E-state index contributed by atoms with van der Waals surface area (Å²) >= 11 is 1.36. The molecule has 1 amide bonds. The number of fused-ring (bicyclic) bond motifs is 1. The molecule has 3 aromatic rings. The van der Waals surface area contributed by atoms with E-state index in [1.54, 1.807) is 18.3 Å². The van der Waals surface area contributed by atoms with Gasteiger partial charge in [-0.15, -0.1) is 0 Å². The van der Waals surface area contributed by atoms with Crippen molar-refractivity contribution >= 4 is 28.4 Å². The Kier molecular flexibility index (Phi) is 6.65. The molecule has 0 aliphatic heterocycles. The molecular formula is C20H18F2N2O3S. The summed E-state index contributed by atoms with van der Waals surface area (Å²) < 4.78 is 34.2. The van der Waals surface area contributed by atoms with Crippen molar-refractivity contribution in [1.82, 2.24) is 10.3 Å². The number of carbonyl (C=O) groups excluding carboxylic acids is 1. The van der Waals surface area contributed by atoms with E-state index in [9.17, 15) is 13.6 Å². The minimum atomic E-state index is -2.93. The number of nitrogens with zero attached hydrogens (tertiary/aromatic N) is 1. The van der Waals surface area contributed by atoms with Gasteiger partial charge in [0, 0.05) is 18.1 Å². The van der Waals surface area contributed by atoms with Crippen LogP contribution >= 0.6 is 11.8 Å². The van der Waals surface area contributed by atoms with Gasteiger partial charge in [0.15, 0.2) is 11.5 Å². The van der Waals surface area contributed by atoms with Crippen LogP contribution in [0.1, 0.15) is 5.56 Å². The monoisotopic (exact) mass is 404 g/mol. The Morgan fingerprint density at radius 2 is 2.00 bits per heavy atom. The highest BCUT2D eigenvalue weighted by Gasteiger charge is 2.12. The van der Waals surface area contributed by atoms with Crippen molar-refractivity contribution in [3.63, 3.8) is 0 Å². The minimum Gasteiger partial charge on any atom is -0.493 e. The molecule has 3 rings (SSSR count). The molecule has 1 heterocycles. The van der Waals surface area contributed by atoms with Crippen molar-refractivity contribution in [2.24, 2.45) is 0 Å². The van der Waals surface area contributed by atoms with Gasteiger partial charge in [0.2, 0.25) is 5.91 Å². The van der Waals surface area contributed by atoms with Gasteiger partial charge in [0.05, 0.1) is 12.9 Å². The lowest BCUT2D eigenvalue weighted by molar-refractivity contribution is -0.118. The fourth-order valence-electron chi connectivity index (χ4n) is 2.61. The first-order chi connectivity index (χ1) is 13.6. The number of rotatable bonds is 8. The van der Waals surface area contributed by atoms with Crippen LogP contribution in [0.25, 0.3) is 10.8 Å². The number of carbonyl (C=O) groups is 1. The summed E-state index contributed by atoms with van der Waals surface area (Å²) in [6, 6.07) is 14.3. The lowest BCUT2D eigenvalue weighted by atomic mass is 10.2. The fourth-order valence-corrected chi connectivity index (χ4v) is 3.45. The van der Waals surface area contributed by atoms with Gasteiger partial charge in [-0.2, -0.15) is 8.78 Å². The van der Waals surface area contributed by atoms with E-state index in [-0.39, 0.29) is 29.7 Å². The van der Waals surface area contributed by atoms with Crippen LogP contribution in [-0.2, 0) is 11.3 Å².